The summed E-state index contributed by atoms with van der Waals surface area (Å²) in [6.07, 6.45) is 0. The van der Waals surface area contributed by atoms with Crippen LogP contribution in [-0.2, 0) is 0 Å². The molecule has 0 unspecified atom stereocenters. The van der Waals surface area contributed by atoms with E-state index in [0.717, 1.165) is 17.1 Å². The fraction of sp³-hybridized carbons (Fsp3) is 0.250. The summed E-state index contributed by atoms with van der Waals surface area (Å²) < 4.78 is 0. The van der Waals surface area contributed by atoms with Gasteiger partial charge in [-0.25, -0.2) is 0 Å². The smallest absolute Gasteiger partial charge is 0.0828 e. The molecule has 1 aromatic rings. The fourth-order valence-electron chi connectivity index (χ4n) is 1.10. The van der Waals surface area contributed by atoms with Gasteiger partial charge in [0, 0.05) is 14.1 Å². The van der Waals surface area contributed by atoms with Gasteiger partial charge in [0.1, 0.15) is 0 Å². The van der Waals surface area contributed by atoms with E-state index in [1.165, 1.54) is 0 Å². The third-order valence-corrected chi connectivity index (χ3v) is 1.55. The maximum absolute atomic E-state index is 5.70. The summed E-state index contributed by atoms with van der Waals surface area (Å²) in [4.78, 5) is 1.91. The molecular formula is C8H13N3. The maximum atomic E-state index is 5.70. The molecule has 3 heteroatoms. The van der Waals surface area contributed by atoms with Crippen molar-refractivity contribution < 1.29 is 0 Å². The molecule has 0 aliphatic rings. The number of rotatable bonds is 1. The Morgan fingerprint density at radius 3 is 1.82 bits per heavy atom. The van der Waals surface area contributed by atoms with Gasteiger partial charge in [-0.05, 0) is 12.1 Å². The molecule has 1 aromatic carbocycles. The van der Waals surface area contributed by atoms with Gasteiger partial charge in [0.15, 0.2) is 0 Å². The molecule has 60 valence electrons. The lowest BCUT2D eigenvalue weighted by Gasteiger charge is -2.16. The van der Waals surface area contributed by atoms with Crippen molar-refractivity contribution >= 4 is 17.1 Å². The molecule has 1 rings (SSSR count). The first-order valence-corrected chi connectivity index (χ1v) is 3.44. The lowest BCUT2D eigenvalue weighted by atomic mass is 10.2. The van der Waals surface area contributed by atoms with Crippen molar-refractivity contribution in [2.75, 3.05) is 30.5 Å². The lowest BCUT2D eigenvalue weighted by molar-refractivity contribution is 1.14. The molecule has 0 bridgehead atoms. The Kier molecular flexibility index (Phi) is 1.89. The summed E-state index contributed by atoms with van der Waals surface area (Å²) in [6.45, 7) is 0. The van der Waals surface area contributed by atoms with Gasteiger partial charge in [-0.1, -0.05) is 6.07 Å². The van der Waals surface area contributed by atoms with E-state index >= 15 is 0 Å². The van der Waals surface area contributed by atoms with E-state index in [2.05, 4.69) is 0 Å². The number of para-hydroxylation sites is 1. The van der Waals surface area contributed by atoms with Gasteiger partial charge in [0.2, 0.25) is 0 Å². The van der Waals surface area contributed by atoms with Crippen LogP contribution in [0.2, 0.25) is 0 Å². The van der Waals surface area contributed by atoms with Crippen LogP contribution in [0.3, 0.4) is 0 Å². The molecule has 4 N–H and O–H groups in total. The second-order valence-electron chi connectivity index (χ2n) is 2.68. The Morgan fingerprint density at radius 1 is 1.09 bits per heavy atom. The molecule has 0 heterocycles. The van der Waals surface area contributed by atoms with Gasteiger partial charge >= 0.3 is 0 Å². The zero-order valence-electron chi connectivity index (χ0n) is 6.83. The Labute approximate surface area is 66.6 Å². The summed E-state index contributed by atoms with van der Waals surface area (Å²) in [7, 11) is 3.84. The summed E-state index contributed by atoms with van der Waals surface area (Å²) in [5.74, 6) is 0. The zero-order valence-corrected chi connectivity index (χ0v) is 6.83. The predicted molar refractivity (Wildman–Crippen MR) is 49.6 cm³/mol. The maximum Gasteiger partial charge on any atom is 0.0828 e. The largest absolute Gasteiger partial charge is 0.397 e. The summed E-state index contributed by atoms with van der Waals surface area (Å²) in [5, 5.41) is 0. The van der Waals surface area contributed by atoms with E-state index in [9.17, 15) is 0 Å². The summed E-state index contributed by atoms with van der Waals surface area (Å²) in [6, 6.07) is 5.52. The number of hydrogen-bond acceptors (Lipinski definition) is 3. The lowest BCUT2D eigenvalue weighted by Crippen LogP contribution is -2.13. The number of hydrogen-bond donors (Lipinski definition) is 2. The molecular weight excluding hydrogens is 138 g/mol. The molecule has 0 fully saturated rings. The van der Waals surface area contributed by atoms with Crippen LogP contribution >= 0.6 is 0 Å². The van der Waals surface area contributed by atoms with Crippen molar-refractivity contribution in [3.05, 3.63) is 18.2 Å². The Morgan fingerprint density at radius 2 is 1.55 bits per heavy atom. The highest BCUT2D eigenvalue weighted by Crippen LogP contribution is 2.27. The molecule has 0 aliphatic heterocycles. The van der Waals surface area contributed by atoms with Gasteiger partial charge in [-0.15, -0.1) is 0 Å². The number of nitrogens with zero attached hydrogens (tertiary/aromatic N) is 1. The summed E-state index contributed by atoms with van der Waals surface area (Å²) in [5.41, 5.74) is 13.7. The average molecular weight is 151 g/mol. The van der Waals surface area contributed by atoms with E-state index in [0.29, 0.717) is 0 Å². The van der Waals surface area contributed by atoms with Crippen LogP contribution < -0.4 is 16.4 Å². The highest BCUT2D eigenvalue weighted by Gasteiger charge is 2.03. The van der Waals surface area contributed by atoms with Gasteiger partial charge in [-0.2, -0.15) is 0 Å². The number of anilines is 3. The van der Waals surface area contributed by atoms with Crippen LogP contribution in [-0.4, -0.2) is 14.1 Å². The molecule has 11 heavy (non-hydrogen) atoms. The van der Waals surface area contributed by atoms with Crippen molar-refractivity contribution in [1.29, 1.82) is 0 Å². The Balaban J connectivity index is 3.21. The van der Waals surface area contributed by atoms with Crippen molar-refractivity contribution in [2.45, 2.75) is 0 Å². The van der Waals surface area contributed by atoms with E-state index in [-0.39, 0.29) is 0 Å². The highest BCUT2D eigenvalue weighted by atomic mass is 15.1. The van der Waals surface area contributed by atoms with Crippen molar-refractivity contribution in [1.82, 2.24) is 0 Å². The van der Waals surface area contributed by atoms with Crippen LogP contribution in [0.15, 0.2) is 18.2 Å². The first kappa shape index (κ1) is 7.72. The van der Waals surface area contributed by atoms with Gasteiger partial charge in [0.05, 0.1) is 17.1 Å². The molecule has 0 aliphatic carbocycles. The predicted octanol–water partition coefficient (Wildman–Crippen LogP) is 0.917. The van der Waals surface area contributed by atoms with E-state index in [1.54, 1.807) is 0 Å². The van der Waals surface area contributed by atoms with Crippen LogP contribution in [0, 0.1) is 0 Å². The van der Waals surface area contributed by atoms with Crippen molar-refractivity contribution in [2.24, 2.45) is 0 Å². The third-order valence-electron chi connectivity index (χ3n) is 1.55. The number of nitrogen functional groups attached to an aromatic ring is 2. The standard InChI is InChI=1S/C8H13N3/c1-11(2)8-6(9)4-3-5-7(8)10/h3-5H,9-10H2,1-2H3. The van der Waals surface area contributed by atoms with E-state index < -0.39 is 0 Å². The topological polar surface area (TPSA) is 55.3 Å². The molecule has 0 saturated heterocycles. The van der Waals surface area contributed by atoms with Crippen LogP contribution in [0.1, 0.15) is 0 Å². The quantitative estimate of drug-likeness (QED) is 0.587. The molecule has 0 saturated carbocycles. The number of nitrogens with two attached hydrogens (primary N) is 2. The van der Waals surface area contributed by atoms with Crippen LogP contribution in [0.4, 0.5) is 17.1 Å². The second-order valence-corrected chi connectivity index (χ2v) is 2.68. The van der Waals surface area contributed by atoms with Crippen LogP contribution in [0.5, 0.6) is 0 Å². The van der Waals surface area contributed by atoms with Gasteiger partial charge in [-0.3, -0.25) is 0 Å². The minimum atomic E-state index is 0.718. The summed E-state index contributed by atoms with van der Waals surface area (Å²) >= 11 is 0. The Hall–Kier alpha value is -1.38. The van der Waals surface area contributed by atoms with E-state index in [4.69, 9.17) is 11.5 Å². The van der Waals surface area contributed by atoms with Crippen LogP contribution in [0.25, 0.3) is 0 Å². The second kappa shape index (κ2) is 2.70. The van der Waals surface area contributed by atoms with E-state index in [1.807, 2.05) is 37.2 Å². The molecule has 3 nitrogen and oxygen atoms in total. The molecule has 0 spiro atoms. The third kappa shape index (κ3) is 1.37. The monoisotopic (exact) mass is 151 g/mol. The van der Waals surface area contributed by atoms with Gasteiger partial charge in [0.25, 0.3) is 0 Å². The minimum Gasteiger partial charge on any atom is -0.397 e. The average Bonchev–Trinajstić information content (AvgIpc) is 1.85. The molecule has 0 atom stereocenters. The molecule has 0 aromatic heterocycles. The van der Waals surface area contributed by atoms with Crippen molar-refractivity contribution in [3.63, 3.8) is 0 Å². The normalized spacial score (nSPS) is 9.64. The minimum absolute atomic E-state index is 0.718. The first-order valence-electron chi connectivity index (χ1n) is 3.44. The molecule has 0 radical (unpaired) electrons. The SMILES string of the molecule is CN(C)c1c(N)cccc1N. The van der Waals surface area contributed by atoms with Gasteiger partial charge < -0.3 is 16.4 Å². The highest BCUT2D eigenvalue weighted by molar-refractivity contribution is 5.79. The molecule has 0 amide bonds. The fourth-order valence-corrected chi connectivity index (χ4v) is 1.10. The first-order chi connectivity index (χ1) is 5.13. The zero-order chi connectivity index (χ0) is 8.43. The number of benzene rings is 1. The Bertz CT molecular complexity index is 235. The van der Waals surface area contributed by atoms with Crippen molar-refractivity contribution in [3.8, 4) is 0 Å².